The molecule has 3 N–H and O–H groups in total. The lowest BCUT2D eigenvalue weighted by Crippen LogP contribution is -2.24. The molecule has 0 unspecified atom stereocenters. The van der Waals surface area contributed by atoms with Crippen molar-refractivity contribution in [2.75, 3.05) is 5.32 Å². The normalized spacial score (nSPS) is 12.1. The fourth-order valence-corrected chi connectivity index (χ4v) is 5.69. The summed E-state index contributed by atoms with van der Waals surface area (Å²) in [6.07, 6.45) is 2.85. The summed E-state index contributed by atoms with van der Waals surface area (Å²) in [5.41, 5.74) is 2.71. The van der Waals surface area contributed by atoms with E-state index >= 15 is 0 Å². The number of rotatable bonds is 9. The van der Waals surface area contributed by atoms with Gasteiger partial charge in [0.1, 0.15) is 0 Å². The van der Waals surface area contributed by atoms with E-state index in [1.165, 1.54) is 0 Å². The van der Waals surface area contributed by atoms with Gasteiger partial charge in [-0.2, -0.15) is 0 Å². The third-order valence-corrected chi connectivity index (χ3v) is 9.10. The van der Waals surface area contributed by atoms with Crippen molar-refractivity contribution in [2.45, 2.75) is 44.7 Å². The molecule has 0 spiro atoms. The molecule has 0 radical (unpaired) electrons. The van der Waals surface area contributed by atoms with Crippen LogP contribution in [-0.4, -0.2) is 20.9 Å². The molecular weight excluding hydrogens is 531 g/mol. The Morgan fingerprint density at radius 3 is 2.42 bits per heavy atom. The molecule has 0 aliphatic heterocycles. The van der Waals surface area contributed by atoms with E-state index in [-0.39, 0.29) is 12.3 Å². The van der Waals surface area contributed by atoms with Crippen LogP contribution in [0.5, 0.6) is 0 Å². The fourth-order valence-electron chi connectivity index (χ4n) is 3.89. The van der Waals surface area contributed by atoms with Gasteiger partial charge in [0.15, 0.2) is 5.76 Å². The van der Waals surface area contributed by atoms with Crippen LogP contribution >= 0.6 is 35.1 Å². The average molecular weight is 556 g/mol. The lowest BCUT2D eigenvalue weighted by atomic mass is 9.92. The molecular formula is C23H25BrClN2O5P. The van der Waals surface area contributed by atoms with E-state index < -0.39 is 12.8 Å². The number of anilines is 1. The summed E-state index contributed by atoms with van der Waals surface area (Å²) in [7, 11) is -4.36. The van der Waals surface area contributed by atoms with Gasteiger partial charge in [-0.25, -0.2) is 0 Å². The van der Waals surface area contributed by atoms with Crippen LogP contribution in [0.4, 0.5) is 5.69 Å². The summed E-state index contributed by atoms with van der Waals surface area (Å²) in [6.45, 7) is 3.53. The first kappa shape index (κ1) is 25.7. The summed E-state index contributed by atoms with van der Waals surface area (Å²) < 4.78 is 18.3. The molecule has 1 aromatic heterocycles. The van der Waals surface area contributed by atoms with Crippen molar-refractivity contribution in [2.24, 2.45) is 0 Å². The zero-order valence-electron chi connectivity index (χ0n) is 18.2. The summed E-state index contributed by atoms with van der Waals surface area (Å²) >= 11 is 9.44. The largest absolute Gasteiger partial charge is 0.356 e. The Morgan fingerprint density at radius 2 is 1.85 bits per heavy atom. The number of hydrogen-bond acceptors (Lipinski definition) is 4. The summed E-state index contributed by atoms with van der Waals surface area (Å²) in [4.78, 5) is 32.3. The SMILES string of the molecule is CCC(CC)(c1ccc(NC(=O)CCc2cnoc2-c2ccc(Cl)c(Br)c2)cc1)P(=O)(O)O. The maximum Gasteiger partial charge on any atom is 0.335 e. The third-order valence-electron chi connectivity index (χ3n) is 5.88. The second-order valence-corrected chi connectivity index (χ2v) is 10.9. The molecule has 10 heteroatoms. The lowest BCUT2D eigenvalue weighted by Gasteiger charge is -2.33. The van der Waals surface area contributed by atoms with Gasteiger partial charge in [-0.05, 0) is 71.1 Å². The number of benzene rings is 2. The van der Waals surface area contributed by atoms with E-state index in [9.17, 15) is 19.1 Å². The Bertz CT molecular complexity index is 1170. The van der Waals surface area contributed by atoms with Gasteiger partial charge < -0.3 is 19.6 Å². The predicted octanol–water partition coefficient (Wildman–Crippen LogP) is 6.52. The fraction of sp³-hybridized carbons (Fsp3) is 0.304. The van der Waals surface area contributed by atoms with Gasteiger partial charge in [0.05, 0.1) is 16.4 Å². The van der Waals surface area contributed by atoms with E-state index in [4.69, 9.17) is 16.1 Å². The first-order valence-electron chi connectivity index (χ1n) is 10.5. The van der Waals surface area contributed by atoms with Crippen LogP contribution in [0.15, 0.2) is 57.7 Å². The maximum absolute atomic E-state index is 12.5. The van der Waals surface area contributed by atoms with E-state index in [0.717, 1.165) is 15.6 Å². The lowest BCUT2D eigenvalue weighted by molar-refractivity contribution is -0.116. The van der Waals surface area contributed by atoms with Gasteiger partial charge in [0, 0.05) is 27.7 Å². The zero-order valence-corrected chi connectivity index (χ0v) is 21.5. The van der Waals surface area contributed by atoms with Crippen molar-refractivity contribution >= 4 is 46.7 Å². The number of nitrogens with one attached hydrogen (secondary N) is 1. The number of nitrogens with zero attached hydrogens (tertiary/aromatic N) is 1. The molecule has 0 aliphatic rings. The molecule has 0 atom stereocenters. The summed E-state index contributed by atoms with van der Waals surface area (Å²) in [5, 5.41) is 6.05. The van der Waals surface area contributed by atoms with Gasteiger partial charge in [-0.15, -0.1) is 0 Å². The van der Waals surface area contributed by atoms with Gasteiger partial charge >= 0.3 is 7.60 Å². The molecule has 33 heavy (non-hydrogen) atoms. The monoisotopic (exact) mass is 554 g/mol. The van der Waals surface area contributed by atoms with E-state index in [0.29, 0.717) is 41.3 Å². The average Bonchev–Trinajstić information content (AvgIpc) is 3.24. The van der Waals surface area contributed by atoms with Crippen molar-refractivity contribution in [3.8, 4) is 11.3 Å². The number of carbonyl (C=O) groups excluding carboxylic acids is 1. The van der Waals surface area contributed by atoms with E-state index in [2.05, 4.69) is 26.4 Å². The zero-order chi connectivity index (χ0) is 24.2. The number of halogens is 2. The topological polar surface area (TPSA) is 113 Å². The predicted molar refractivity (Wildman–Crippen MR) is 132 cm³/mol. The van der Waals surface area contributed by atoms with Gasteiger partial charge in [-0.1, -0.05) is 42.7 Å². The minimum Gasteiger partial charge on any atom is -0.356 e. The number of aromatic nitrogens is 1. The van der Waals surface area contributed by atoms with Crippen LogP contribution in [0.1, 0.15) is 44.2 Å². The molecule has 7 nitrogen and oxygen atoms in total. The number of amides is 1. The second kappa shape index (κ2) is 10.5. The highest BCUT2D eigenvalue weighted by Crippen LogP contribution is 2.60. The molecule has 0 bridgehead atoms. The highest BCUT2D eigenvalue weighted by Gasteiger charge is 2.45. The molecule has 0 saturated carbocycles. The van der Waals surface area contributed by atoms with Gasteiger partial charge in [0.2, 0.25) is 5.91 Å². The van der Waals surface area contributed by atoms with Gasteiger partial charge in [0.25, 0.3) is 0 Å². The first-order valence-corrected chi connectivity index (χ1v) is 13.2. The Hall–Kier alpha value is -1.96. The molecule has 1 heterocycles. The van der Waals surface area contributed by atoms with E-state index in [1.807, 2.05) is 12.1 Å². The third kappa shape index (κ3) is 5.58. The Labute approximate surface area is 205 Å². The van der Waals surface area contributed by atoms with Crippen LogP contribution in [0, 0.1) is 0 Å². The molecule has 0 aliphatic carbocycles. The maximum atomic E-state index is 12.5. The summed E-state index contributed by atoms with van der Waals surface area (Å²) in [6, 6.07) is 12.1. The van der Waals surface area contributed by atoms with Crippen molar-refractivity contribution in [3.05, 3.63) is 69.3 Å². The smallest absolute Gasteiger partial charge is 0.335 e. The number of carbonyl (C=O) groups is 1. The molecule has 3 aromatic rings. The first-order chi connectivity index (χ1) is 15.6. The minimum atomic E-state index is -4.36. The molecule has 0 fully saturated rings. The van der Waals surface area contributed by atoms with Crippen LogP contribution in [0.2, 0.25) is 5.02 Å². The van der Waals surface area contributed by atoms with Crippen LogP contribution in [0.25, 0.3) is 11.3 Å². The Balaban J connectivity index is 1.66. The standard InChI is InChI=1S/C23H25BrClN2O5P/c1-3-23(4-2,33(29,30)31)17-7-9-18(10-8-17)27-21(28)12-6-16-14-26-32-22(16)15-5-11-20(25)19(24)13-15/h5,7-11,13-14H,3-4,6,12H2,1-2H3,(H,27,28)(H2,29,30,31). The summed E-state index contributed by atoms with van der Waals surface area (Å²) in [5.74, 6) is 0.386. The number of hydrogen-bond donors (Lipinski definition) is 3. The molecule has 1 amide bonds. The van der Waals surface area contributed by atoms with Crippen LogP contribution in [0.3, 0.4) is 0 Å². The van der Waals surface area contributed by atoms with Crippen molar-refractivity contribution in [1.82, 2.24) is 5.16 Å². The van der Waals surface area contributed by atoms with Crippen LogP contribution in [-0.2, 0) is 20.9 Å². The quantitative estimate of drug-likeness (QED) is 0.259. The Morgan fingerprint density at radius 1 is 1.18 bits per heavy atom. The molecule has 176 valence electrons. The van der Waals surface area contributed by atoms with E-state index in [1.54, 1.807) is 50.4 Å². The second-order valence-electron chi connectivity index (χ2n) is 7.72. The van der Waals surface area contributed by atoms with Crippen LogP contribution < -0.4 is 5.32 Å². The van der Waals surface area contributed by atoms with Crippen molar-refractivity contribution < 1.29 is 23.7 Å². The minimum absolute atomic E-state index is 0.195. The molecule has 2 aromatic carbocycles. The molecule has 0 saturated heterocycles. The Kier molecular flexibility index (Phi) is 8.19. The molecule has 3 rings (SSSR count). The number of aryl methyl sites for hydroxylation is 1. The highest BCUT2D eigenvalue weighted by atomic mass is 79.9. The van der Waals surface area contributed by atoms with Crippen molar-refractivity contribution in [1.29, 1.82) is 0 Å². The van der Waals surface area contributed by atoms with Crippen molar-refractivity contribution in [3.63, 3.8) is 0 Å². The van der Waals surface area contributed by atoms with Gasteiger partial charge in [-0.3, -0.25) is 9.36 Å². The highest BCUT2D eigenvalue weighted by molar-refractivity contribution is 9.10.